The molecule has 0 spiro atoms. The maximum Gasteiger partial charge on any atom is 0.301 e. The zero-order valence-corrected chi connectivity index (χ0v) is 21.3. The van der Waals surface area contributed by atoms with Gasteiger partial charge in [0.05, 0.1) is 28.4 Å². The molecule has 1 unspecified atom stereocenters. The first kappa shape index (κ1) is 24.0. The third-order valence-corrected chi connectivity index (χ3v) is 7.24. The molecule has 2 heterocycles. The topological polar surface area (TPSA) is 79.7 Å². The van der Waals surface area contributed by atoms with E-state index in [4.69, 9.17) is 16.3 Å². The summed E-state index contributed by atoms with van der Waals surface area (Å²) in [6.07, 6.45) is 0.875. The number of thiazole rings is 1. The van der Waals surface area contributed by atoms with Crippen molar-refractivity contribution in [2.24, 2.45) is 0 Å². The highest BCUT2D eigenvalue weighted by Gasteiger charge is 2.48. The standard InChI is InChI=1S/C28H23ClN2O4S/c1-3-14-35-20-11-8-17(9-12-20)24-23(25(32)18-6-4-16(2)5-7-18)26(33)27(34)31(24)28-30-21-13-10-19(29)15-22(21)36-28/h4-13,15,24,32H,3,14H2,1-2H3/b25-23+. The van der Waals surface area contributed by atoms with E-state index >= 15 is 0 Å². The smallest absolute Gasteiger partial charge is 0.301 e. The molecule has 3 aromatic carbocycles. The van der Waals surface area contributed by atoms with Crippen LogP contribution in [0.25, 0.3) is 16.0 Å². The molecule has 0 saturated carbocycles. The summed E-state index contributed by atoms with van der Waals surface area (Å²) >= 11 is 7.42. The van der Waals surface area contributed by atoms with Crippen molar-refractivity contribution < 1.29 is 19.4 Å². The summed E-state index contributed by atoms with van der Waals surface area (Å²) in [6.45, 7) is 4.54. The summed E-state index contributed by atoms with van der Waals surface area (Å²) in [5.41, 5.74) is 2.82. The lowest BCUT2D eigenvalue weighted by atomic mass is 9.95. The molecule has 4 aromatic rings. The van der Waals surface area contributed by atoms with Gasteiger partial charge in [0.25, 0.3) is 5.78 Å². The van der Waals surface area contributed by atoms with Crippen LogP contribution in [-0.4, -0.2) is 28.4 Å². The van der Waals surface area contributed by atoms with E-state index in [9.17, 15) is 14.7 Å². The van der Waals surface area contributed by atoms with E-state index in [2.05, 4.69) is 4.98 Å². The van der Waals surface area contributed by atoms with Crippen molar-refractivity contribution in [2.45, 2.75) is 26.3 Å². The van der Waals surface area contributed by atoms with Crippen LogP contribution in [0, 0.1) is 6.92 Å². The van der Waals surface area contributed by atoms with Crippen LogP contribution in [0.4, 0.5) is 5.13 Å². The maximum atomic E-state index is 13.4. The van der Waals surface area contributed by atoms with Crippen molar-refractivity contribution in [3.63, 3.8) is 0 Å². The van der Waals surface area contributed by atoms with Crippen molar-refractivity contribution in [2.75, 3.05) is 11.5 Å². The molecule has 5 rings (SSSR count). The molecule has 1 aromatic heterocycles. The van der Waals surface area contributed by atoms with Gasteiger partial charge >= 0.3 is 5.91 Å². The van der Waals surface area contributed by atoms with Crippen LogP contribution in [0.3, 0.4) is 0 Å². The van der Waals surface area contributed by atoms with Gasteiger partial charge in [0.15, 0.2) is 5.13 Å². The molecular weight excluding hydrogens is 496 g/mol. The maximum absolute atomic E-state index is 13.4. The second-order valence-corrected chi connectivity index (χ2v) is 10.0. The number of aliphatic hydroxyl groups excluding tert-OH is 1. The number of benzene rings is 3. The molecule has 1 amide bonds. The number of hydrogen-bond donors (Lipinski definition) is 1. The first-order valence-electron chi connectivity index (χ1n) is 11.5. The number of nitrogens with zero attached hydrogens (tertiary/aromatic N) is 2. The highest BCUT2D eigenvalue weighted by atomic mass is 35.5. The van der Waals surface area contributed by atoms with Crippen molar-refractivity contribution in [3.8, 4) is 5.75 Å². The zero-order chi connectivity index (χ0) is 25.4. The lowest BCUT2D eigenvalue weighted by molar-refractivity contribution is -0.132. The summed E-state index contributed by atoms with van der Waals surface area (Å²) < 4.78 is 6.49. The first-order valence-corrected chi connectivity index (χ1v) is 12.7. The van der Waals surface area contributed by atoms with Gasteiger partial charge in [-0.15, -0.1) is 0 Å². The minimum Gasteiger partial charge on any atom is -0.507 e. The lowest BCUT2D eigenvalue weighted by Gasteiger charge is -2.23. The number of anilines is 1. The van der Waals surface area contributed by atoms with Crippen LogP contribution >= 0.6 is 22.9 Å². The number of carbonyl (C=O) groups is 2. The molecule has 0 aliphatic carbocycles. The fraction of sp³-hybridized carbons (Fsp3) is 0.179. The van der Waals surface area contributed by atoms with E-state index in [-0.39, 0.29) is 11.3 Å². The molecule has 0 bridgehead atoms. The highest BCUT2D eigenvalue weighted by molar-refractivity contribution is 7.22. The average molecular weight is 519 g/mol. The van der Waals surface area contributed by atoms with Crippen LogP contribution in [0.5, 0.6) is 5.75 Å². The van der Waals surface area contributed by atoms with E-state index < -0.39 is 17.7 Å². The number of aliphatic hydroxyl groups is 1. The van der Waals surface area contributed by atoms with Gasteiger partial charge in [0.1, 0.15) is 11.5 Å². The number of carbonyl (C=O) groups excluding carboxylic acids is 2. The Hall–Kier alpha value is -3.68. The zero-order valence-electron chi connectivity index (χ0n) is 19.7. The van der Waals surface area contributed by atoms with E-state index in [1.165, 1.54) is 16.2 Å². The number of aryl methyl sites for hydroxylation is 1. The molecule has 0 radical (unpaired) electrons. The Balaban J connectivity index is 1.67. The Labute approximate surface area is 217 Å². The molecule has 1 aliphatic rings. The number of amides is 1. The van der Waals surface area contributed by atoms with Gasteiger partial charge < -0.3 is 9.84 Å². The average Bonchev–Trinajstić information content (AvgIpc) is 3.40. The van der Waals surface area contributed by atoms with E-state index in [1.807, 2.05) is 26.0 Å². The molecule has 182 valence electrons. The lowest BCUT2D eigenvalue weighted by Crippen LogP contribution is -2.29. The van der Waals surface area contributed by atoms with Crippen molar-refractivity contribution in [1.82, 2.24) is 4.98 Å². The summed E-state index contributed by atoms with van der Waals surface area (Å²) in [4.78, 5) is 32.7. The van der Waals surface area contributed by atoms with E-state index in [0.717, 1.165) is 16.7 Å². The molecule has 36 heavy (non-hydrogen) atoms. The predicted octanol–water partition coefficient (Wildman–Crippen LogP) is 6.67. The Bertz CT molecular complexity index is 1490. The molecule has 1 aliphatic heterocycles. The SMILES string of the molecule is CCCOc1ccc(C2/C(=C(\O)c3ccc(C)cc3)C(=O)C(=O)N2c2nc3ccc(Cl)cc3s2)cc1. The largest absolute Gasteiger partial charge is 0.507 e. The molecule has 8 heteroatoms. The van der Waals surface area contributed by atoms with Crippen molar-refractivity contribution >= 4 is 55.7 Å². The van der Waals surface area contributed by atoms with E-state index in [1.54, 1.807) is 54.6 Å². The number of fused-ring (bicyclic) bond motifs is 1. The van der Waals surface area contributed by atoms with Crippen molar-refractivity contribution in [3.05, 3.63) is 94.0 Å². The Morgan fingerprint density at radius 1 is 1.08 bits per heavy atom. The monoisotopic (exact) mass is 518 g/mol. The number of ether oxygens (including phenoxy) is 1. The van der Waals surface area contributed by atoms with Gasteiger partial charge in [-0.25, -0.2) is 4.98 Å². The number of ketones is 1. The van der Waals surface area contributed by atoms with Gasteiger partial charge in [0.2, 0.25) is 0 Å². The highest BCUT2D eigenvalue weighted by Crippen LogP contribution is 2.44. The summed E-state index contributed by atoms with van der Waals surface area (Å²) in [7, 11) is 0. The Morgan fingerprint density at radius 3 is 2.50 bits per heavy atom. The van der Waals surface area contributed by atoms with Crippen LogP contribution in [0.1, 0.15) is 36.1 Å². The minimum atomic E-state index is -0.859. The minimum absolute atomic E-state index is 0.0170. The first-order chi connectivity index (χ1) is 17.4. The van der Waals surface area contributed by atoms with Gasteiger partial charge in [-0.3, -0.25) is 14.5 Å². The number of rotatable bonds is 6. The van der Waals surface area contributed by atoms with Crippen LogP contribution < -0.4 is 9.64 Å². The fourth-order valence-electron chi connectivity index (χ4n) is 4.17. The summed E-state index contributed by atoms with van der Waals surface area (Å²) in [5.74, 6) is -1.05. The second-order valence-electron chi connectivity index (χ2n) is 8.56. The predicted molar refractivity (Wildman–Crippen MR) is 143 cm³/mol. The van der Waals surface area contributed by atoms with Crippen LogP contribution in [0.15, 0.2) is 72.3 Å². The van der Waals surface area contributed by atoms with Gasteiger partial charge in [-0.05, 0) is 49.2 Å². The normalized spacial score (nSPS) is 17.2. The van der Waals surface area contributed by atoms with Crippen LogP contribution in [-0.2, 0) is 9.59 Å². The number of Topliss-reactive ketones (excluding diaryl/α,β-unsaturated/α-hetero) is 1. The second kappa shape index (κ2) is 9.76. The fourth-order valence-corrected chi connectivity index (χ4v) is 5.44. The molecule has 1 saturated heterocycles. The van der Waals surface area contributed by atoms with Gasteiger partial charge in [0, 0.05) is 10.6 Å². The van der Waals surface area contributed by atoms with Crippen LogP contribution in [0.2, 0.25) is 5.02 Å². The molecule has 1 fully saturated rings. The third kappa shape index (κ3) is 4.36. The number of aromatic nitrogens is 1. The summed E-state index contributed by atoms with van der Waals surface area (Å²) in [6, 6.07) is 18.8. The Kier molecular flexibility index (Phi) is 6.51. The number of hydrogen-bond acceptors (Lipinski definition) is 6. The van der Waals surface area contributed by atoms with Gasteiger partial charge in [-0.1, -0.05) is 71.8 Å². The van der Waals surface area contributed by atoms with E-state index in [0.29, 0.717) is 39.2 Å². The molecule has 1 atom stereocenters. The number of halogens is 1. The van der Waals surface area contributed by atoms with Crippen molar-refractivity contribution in [1.29, 1.82) is 0 Å². The molecule has 6 nitrogen and oxygen atoms in total. The summed E-state index contributed by atoms with van der Waals surface area (Å²) in [5, 5.41) is 12.2. The Morgan fingerprint density at radius 2 is 1.81 bits per heavy atom. The third-order valence-electron chi connectivity index (χ3n) is 5.98. The molecule has 1 N–H and O–H groups in total. The molecular formula is C28H23ClN2O4S. The quantitative estimate of drug-likeness (QED) is 0.175. The van der Waals surface area contributed by atoms with Gasteiger partial charge in [-0.2, -0.15) is 0 Å².